The zero-order valence-electron chi connectivity index (χ0n) is 10.4. The predicted octanol–water partition coefficient (Wildman–Crippen LogP) is 2.38. The number of nitrogens with one attached hydrogen (secondary N) is 1. The average Bonchev–Trinajstić information content (AvgIpc) is 2.53. The van der Waals surface area contributed by atoms with Crippen molar-refractivity contribution in [3.8, 4) is 0 Å². The van der Waals surface area contributed by atoms with Crippen molar-refractivity contribution < 1.29 is 0 Å². The van der Waals surface area contributed by atoms with E-state index >= 15 is 0 Å². The van der Waals surface area contributed by atoms with Crippen molar-refractivity contribution in [2.24, 2.45) is 7.05 Å². The molecule has 1 N–H and O–H groups in total. The first-order valence-electron chi connectivity index (χ1n) is 5.73. The van der Waals surface area contributed by atoms with E-state index in [0.29, 0.717) is 6.04 Å². The molecule has 2 aromatic rings. The topological polar surface area (TPSA) is 29.9 Å². The number of hydrogen-bond acceptors (Lipinski definition) is 2. The van der Waals surface area contributed by atoms with Gasteiger partial charge >= 0.3 is 0 Å². The van der Waals surface area contributed by atoms with Crippen LogP contribution in [0.3, 0.4) is 0 Å². The molecule has 3 heteroatoms. The molecule has 0 radical (unpaired) electrons. The molecule has 0 aliphatic carbocycles. The third kappa shape index (κ3) is 2.09. The van der Waals surface area contributed by atoms with Crippen LogP contribution in [0.4, 0.5) is 0 Å². The van der Waals surface area contributed by atoms with Gasteiger partial charge in [-0.1, -0.05) is 19.9 Å². The highest BCUT2D eigenvalue weighted by atomic mass is 15.1. The fourth-order valence-electron chi connectivity index (χ4n) is 1.80. The second-order valence-electron chi connectivity index (χ2n) is 4.61. The average molecular weight is 217 g/mol. The van der Waals surface area contributed by atoms with Crippen molar-refractivity contribution in [3.63, 3.8) is 0 Å². The van der Waals surface area contributed by atoms with E-state index in [0.717, 1.165) is 17.9 Å². The normalized spacial score (nSPS) is 11.6. The lowest BCUT2D eigenvalue weighted by Gasteiger charge is -2.07. The molecule has 16 heavy (non-hydrogen) atoms. The van der Waals surface area contributed by atoms with Gasteiger partial charge in [0.2, 0.25) is 0 Å². The molecule has 1 aromatic heterocycles. The van der Waals surface area contributed by atoms with Crippen LogP contribution >= 0.6 is 0 Å². The van der Waals surface area contributed by atoms with E-state index in [2.05, 4.69) is 60.9 Å². The third-order valence-corrected chi connectivity index (χ3v) is 2.80. The number of nitrogens with zero attached hydrogens (tertiary/aromatic N) is 2. The SMILES string of the molecule is Cc1ccc2nc(CNC(C)C)n(C)c2c1. The van der Waals surface area contributed by atoms with Gasteiger partial charge in [-0.05, 0) is 24.6 Å². The van der Waals surface area contributed by atoms with Crippen molar-refractivity contribution in [1.29, 1.82) is 0 Å². The van der Waals surface area contributed by atoms with E-state index in [4.69, 9.17) is 0 Å². The number of rotatable bonds is 3. The van der Waals surface area contributed by atoms with Crippen LogP contribution in [0, 0.1) is 6.92 Å². The van der Waals surface area contributed by atoms with Gasteiger partial charge in [0.15, 0.2) is 0 Å². The minimum Gasteiger partial charge on any atom is -0.330 e. The zero-order valence-corrected chi connectivity index (χ0v) is 10.4. The molecule has 0 atom stereocenters. The van der Waals surface area contributed by atoms with Gasteiger partial charge in [0.05, 0.1) is 17.6 Å². The molecule has 3 nitrogen and oxygen atoms in total. The van der Waals surface area contributed by atoms with Gasteiger partial charge in [0.25, 0.3) is 0 Å². The van der Waals surface area contributed by atoms with Crippen LogP contribution in [-0.2, 0) is 13.6 Å². The number of aryl methyl sites for hydroxylation is 2. The summed E-state index contributed by atoms with van der Waals surface area (Å²) in [4.78, 5) is 4.63. The van der Waals surface area contributed by atoms with Crippen molar-refractivity contribution in [3.05, 3.63) is 29.6 Å². The quantitative estimate of drug-likeness (QED) is 0.855. The zero-order chi connectivity index (χ0) is 11.7. The van der Waals surface area contributed by atoms with Crippen LogP contribution in [0.1, 0.15) is 25.2 Å². The lowest BCUT2D eigenvalue weighted by atomic mass is 10.2. The summed E-state index contributed by atoms with van der Waals surface area (Å²) >= 11 is 0. The van der Waals surface area contributed by atoms with Gasteiger partial charge in [-0.25, -0.2) is 4.98 Å². The van der Waals surface area contributed by atoms with Crippen molar-refractivity contribution in [2.45, 2.75) is 33.4 Å². The third-order valence-electron chi connectivity index (χ3n) is 2.80. The lowest BCUT2D eigenvalue weighted by Crippen LogP contribution is -2.23. The largest absolute Gasteiger partial charge is 0.330 e. The summed E-state index contributed by atoms with van der Waals surface area (Å²) in [6.07, 6.45) is 0. The number of imidazole rings is 1. The van der Waals surface area contributed by atoms with E-state index in [1.54, 1.807) is 0 Å². The molecule has 0 aliphatic heterocycles. The van der Waals surface area contributed by atoms with Crippen molar-refractivity contribution in [2.75, 3.05) is 0 Å². The summed E-state index contributed by atoms with van der Waals surface area (Å²) in [5.41, 5.74) is 3.56. The van der Waals surface area contributed by atoms with Gasteiger partial charge in [0.1, 0.15) is 5.82 Å². The minimum atomic E-state index is 0.488. The van der Waals surface area contributed by atoms with E-state index in [1.165, 1.54) is 11.1 Å². The second kappa shape index (κ2) is 4.26. The summed E-state index contributed by atoms with van der Waals surface area (Å²) in [6.45, 7) is 7.22. The monoisotopic (exact) mass is 217 g/mol. The molecule has 0 spiro atoms. The smallest absolute Gasteiger partial charge is 0.123 e. The lowest BCUT2D eigenvalue weighted by molar-refractivity contribution is 0.563. The molecule has 1 heterocycles. The van der Waals surface area contributed by atoms with Crippen LogP contribution in [0.15, 0.2) is 18.2 Å². The Morgan fingerprint density at radius 1 is 1.38 bits per heavy atom. The maximum absolute atomic E-state index is 4.63. The molecule has 2 rings (SSSR count). The van der Waals surface area contributed by atoms with Crippen LogP contribution < -0.4 is 5.32 Å². The number of fused-ring (bicyclic) bond motifs is 1. The minimum absolute atomic E-state index is 0.488. The van der Waals surface area contributed by atoms with Gasteiger partial charge < -0.3 is 9.88 Å². The fraction of sp³-hybridized carbons (Fsp3) is 0.462. The highest BCUT2D eigenvalue weighted by molar-refractivity contribution is 5.76. The summed E-state index contributed by atoms with van der Waals surface area (Å²) in [6, 6.07) is 6.86. The highest BCUT2D eigenvalue weighted by Crippen LogP contribution is 2.16. The Bertz CT molecular complexity index is 497. The molecule has 86 valence electrons. The molecular weight excluding hydrogens is 198 g/mol. The Morgan fingerprint density at radius 2 is 2.12 bits per heavy atom. The standard InChI is InChI=1S/C13H19N3/c1-9(2)14-8-13-15-11-6-5-10(3)7-12(11)16(13)4/h5-7,9,14H,8H2,1-4H3. The van der Waals surface area contributed by atoms with Crippen molar-refractivity contribution >= 4 is 11.0 Å². The van der Waals surface area contributed by atoms with Gasteiger partial charge in [-0.3, -0.25) is 0 Å². The Hall–Kier alpha value is -1.35. The summed E-state index contributed by atoms with van der Waals surface area (Å²) in [5.74, 6) is 1.09. The van der Waals surface area contributed by atoms with E-state index in [1.807, 2.05) is 0 Å². The van der Waals surface area contributed by atoms with E-state index in [-0.39, 0.29) is 0 Å². The molecule has 0 saturated heterocycles. The number of benzene rings is 1. The Morgan fingerprint density at radius 3 is 2.81 bits per heavy atom. The van der Waals surface area contributed by atoms with E-state index < -0.39 is 0 Å². The maximum Gasteiger partial charge on any atom is 0.123 e. The molecule has 0 bridgehead atoms. The van der Waals surface area contributed by atoms with Crippen LogP contribution in [0.5, 0.6) is 0 Å². The number of hydrogen-bond donors (Lipinski definition) is 1. The Labute approximate surface area is 96.5 Å². The van der Waals surface area contributed by atoms with Crippen LogP contribution in [0.25, 0.3) is 11.0 Å². The van der Waals surface area contributed by atoms with Crippen LogP contribution in [0.2, 0.25) is 0 Å². The summed E-state index contributed by atoms with van der Waals surface area (Å²) in [5, 5.41) is 3.39. The van der Waals surface area contributed by atoms with Gasteiger partial charge in [-0.15, -0.1) is 0 Å². The first-order valence-corrected chi connectivity index (χ1v) is 5.73. The summed E-state index contributed by atoms with van der Waals surface area (Å²) < 4.78 is 2.16. The molecule has 0 amide bonds. The molecule has 1 aromatic carbocycles. The summed E-state index contributed by atoms with van der Waals surface area (Å²) in [7, 11) is 2.08. The molecule has 0 aliphatic rings. The maximum atomic E-state index is 4.63. The Kier molecular flexibility index (Phi) is 2.97. The molecular formula is C13H19N3. The fourth-order valence-corrected chi connectivity index (χ4v) is 1.80. The van der Waals surface area contributed by atoms with E-state index in [9.17, 15) is 0 Å². The number of aromatic nitrogens is 2. The van der Waals surface area contributed by atoms with Gasteiger partial charge in [0, 0.05) is 13.1 Å². The predicted molar refractivity (Wildman–Crippen MR) is 67.4 cm³/mol. The molecule has 0 unspecified atom stereocenters. The van der Waals surface area contributed by atoms with Gasteiger partial charge in [-0.2, -0.15) is 0 Å². The first-order chi connectivity index (χ1) is 7.58. The van der Waals surface area contributed by atoms with Crippen LogP contribution in [-0.4, -0.2) is 15.6 Å². The van der Waals surface area contributed by atoms with Crippen molar-refractivity contribution in [1.82, 2.24) is 14.9 Å². The second-order valence-corrected chi connectivity index (χ2v) is 4.61. The molecule has 0 fully saturated rings. The first kappa shape index (κ1) is 11.1. The Balaban J connectivity index is 2.36. The highest BCUT2D eigenvalue weighted by Gasteiger charge is 2.07. The molecule has 0 saturated carbocycles.